The lowest BCUT2D eigenvalue weighted by Crippen LogP contribution is -2.37. The molecule has 0 saturated carbocycles. The summed E-state index contributed by atoms with van der Waals surface area (Å²) in [6, 6.07) is -0.510. The van der Waals surface area contributed by atoms with E-state index in [2.05, 4.69) is 5.32 Å². The van der Waals surface area contributed by atoms with Gasteiger partial charge in [-0.05, 0) is 6.42 Å². The number of amides is 1. The molecule has 6 nitrogen and oxygen atoms in total. The highest BCUT2D eigenvalue weighted by molar-refractivity contribution is 8.14. The van der Waals surface area contributed by atoms with Crippen LogP contribution in [0.15, 0.2) is 0 Å². The summed E-state index contributed by atoms with van der Waals surface area (Å²) >= 11 is 1.15. The zero-order valence-corrected chi connectivity index (χ0v) is 9.44. The van der Waals surface area contributed by atoms with E-state index in [0.29, 0.717) is 12.2 Å². The van der Waals surface area contributed by atoms with Crippen molar-refractivity contribution >= 4 is 32.9 Å². The van der Waals surface area contributed by atoms with Gasteiger partial charge in [-0.25, -0.2) is 0 Å². The van der Waals surface area contributed by atoms with Crippen molar-refractivity contribution in [1.82, 2.24) is 5.32 Å². The summed E-state index contributed by atoms with van der Waals surface area (Å²) in [5.74, 6) is -0.483. The van der Waals surface area contributed by atoms with E-state index in [1.54, 1.807) is 0 Å². The van der Waals surface area contributed by atoms with E-state index in [0.717, 1.165) is 11.8 Å². The summed E-state index contributed by atoms with van der Waals surface area (Å²) in [6.45, 7) is 0. The molecular weight excluding hydrogens is 242 g/mol. The van der Waals surface area contributed by atoms with Gasteiger partial charge in [-0.2, -0.15) is 8.42 Å². The standard InChI is InChI=1S/C7H11NO5S2/c9-6(2-4-15(11,12)13)8-5-1-3-14-7(5)10/h5H,1-4H2,(H,8,9)(H,11,12,13). The molecule has 1 atom stereocenters. The van der Waals surface area contributed by atoms with E-state index < -0.39 is 27.8 Å². The van der Waals surface area contributed by atoms with Crippen molar-refractivity contribution < 1.29 is 22.6 Å². The summed E-state index contributed by atoms with van der Waals surface area (Å²) in [5.41, 5.74) is 0. The highest BCUT2D eigenvalue weighted by Gasteiger charge is 2.26. The molecule has 0 aliphatic carbocycles. The van der Waals surface area contributed by atoms with Crippen LogP contribution in [-0.4, -0.2) is 41.5 Å². The van der Waals surface area contributed by atoms with Crippen LogP contribution < -0.4 is 5.32 Å². The van der Waals surface area contributed by atoms with E-state index in [4.69, 9.17) is 4.55 Å². The Morgan fingerprint density at radius 3 is 2.73 bits per heavy atom. The predicted octanol–water partition coefficient (Wildman–Crippen LogP) is -0.587. The van der Waals surface area contributed by atoms with Crippen LogP contribution in [0.5, 0.6) is 0 Å². The minimum atomic E-state index is -4.12. The van der Waals surface area contributed by atoms with Crippen molar-refractivity contribution in [2.45, 2.75) is 18.9 Å². The molecule has 15 heavy (non-hydrogen) atoms. The van der Waals surface area contributed by atoms with Crippen molar-refractivity contribution in [1.29, 1.82) is 0 Å². The van der Waals surface area contributed by atoms with Crippen molar-refractivity contribution in [2.75, 3.05) is 11.5 Å². The van der Waals surface area contributed by atoms with Gasteiger partial charge in [-0.3, -0.25) is 14.1 Å². The van der Waals surface area contributed by atoms with E-state index >= 15 is 0 Å². The third-order valence-corrected chi connectivity index (χ3v) is 3.59. The lowest BCUT2D eigenvalue weighted by Gasteiger charge is -2.08. The third-order valence-electron chi connectivity index (χ3n) is 1.86. The lowest BCUT2D eigenvalue weighted by molar-refractivity contribution is -0.124. The first kappa shape index (κ1) is 12.5. The van der Waals surface area contributed by atoms with E-state index in [1.165, 1.54) is 0 Å². The van der Waals surface area contributed by atoms with Gasteiger partial charge < -0.3 is 5.32 Å². The fourth-order valence-electron chi connectivity index (χ4n) is 1.12. The molecule has 1 aliphatic rings. The fraction of sp³-hybridized carbons (Fsp3) is 0.714. The second-order valence-corrected chi connectivity index (χ2v) is 5.78. The van der Waals surface area contributed by atoms with Crippen LogP contribution in [0, 0.1) is 0 Å². The minimum Gasteiger partial charge on any atom is -0.345 e. The minimum absolute atomic E-state index is 0.102. The predicted molar refractivity (Wildman–Crippen MR) is 55.0 cm³/mol. The molecular formula is C7H11NO5S2. The Hall–Kier alpha value is -0.600. The Morgan fingerprint density at radius 2 is 2.27 bits per heavy atom. The first-order valence-electron chi connectivity index (χ1n) is 4.29. The summed E-state index contributed by atoms with van der Waals surface area (Å²) in [5, 5.41) is 2.31. The largest absolute Gasteiger partial charge is 0.345 e. The van der Waals surface area contributed by atoms with Gasteiger partial charge in [0.05, 0.1) is 11.8 Å². The molecule has 1 aliphatic heterocycles. The van der Waals surface area contributed by atoms with Gasteiger partial charge in [0.2, 0.25) is 11.0 Å². The summed E-state index contributed by atoms with van der Waals surface area (Å²) in [4.78, 5) is 22.2. The Balaban J connectivity index is 2.33. The maximum Gasteiger partial charge on any atom is 0.265 e. The van der Waals surface area contributed by atoms with Gasteiger partial charge in [-0.1, -0.05) is 11.8 Å². The smallest absolute Gasteiger partial charge is 0.265 e. The van der Waals surface area contributed by atoms with Crippen LogP contribution >= 0.6 is 11.8 Å². The van der Waals surface area contributed by atoms with Gasteiger partial charge in [0, 0.05) is 12.2 Å². The van der Waals surface area contributed by atoms with Crippen LogP contribution in [0.1, 0.15) is 12.8 Å². The molecule has 1 rings (SSSR count). The molecule has 86 valence electrons. The van der Waals surface area contributed by atoms with Crippen molar-refractivity contribution in [3.05, 3.63) is 0 Å². The van der Waals surface area contributed by atoms with Crippen LogP contribution in [0.4, 0.5) is 0 Å². The SMILES string of the molecule is O=C(CCS(=O)(=O)O)NC1CCSC1=O. The molecule has 0 aromatic rings. The molecule has 0 spiro atoms. The average molecular weight is 253 g/mol. The van der Waals surface area contributed by atoms with E-state index in [9.17, 15) is 18.0 Å². The Bertz CT molecular complexity index is 364. The first-order valence-corrected chi connectivity index (χ1v) is 6.89. The second kappa shape index (κ2) is 4.95. The van der Waals surface area contributed by atoms with Crippen molar-refractivity contribution in [3.63, 3.8) is 0 Å². The van der Waals surface area contributed by atoms with Gasteiger partial charge in [-0.15, -0.1) is 0 Å². The molecule has 0 radical (unpaired) electrons. The average Bonchev–Trinajstić information content (AvgIpc) is 2.47. The number of hydrogen-bond donors (Lipinski definition) is 2. The molecule has 0 bridgehead atoms. The van der Waals surface area contributed by atoms with Crippen molar-refractivity contribution in [2.24, 2.45) is 0 Å². The number of nitrogens with one attached hydrogen (secondary N) is 1. The second-order valence-electron chi connectivity index (χ2n) is 3.11. The zero-order valence-electron chi connectivity index (χ0n) is 7.80. The van der Waals surface area contributed by atoms with Crippen molar-refractivity contribution in [3.8, 4) is 0 Å². The molecule has 1 fully saturated rings. The van der Waals surface area contributed by atoms with Crippen LogP contribution in [-0.2, 0) is 19.7 Å². The van der Waals surface area contributed by atoms with Crippen LogP contribution in [0.2, 0.25) is 0 Å². The van der Waals surface area contributed by atoms with E-state index in [-0.39, 0.29) is 11.5 Å². The number of thioether (sulfide) groups is 1. The Labute approximate surface area is 91.5 Å². The number of carbonyl (C=O) groups is 2. The number of rotatable bonds is 4. The van der Waals surface area contributed by atoms with Crippen LogP contribution in [0.25, 0.3) is 0 Å². The number of hydrogen-bond acceptors (Lipinski definition) is 5. The maximum atomic E-state index is 11.1. The maximum absolute atomic E-state index is 11.1. The van der Waals surface area contributed by atoms with Gasteiger partial charge in [0.25, 0.3) is 10.1 Å². The Morgan fingerprint density at radius 1 is 1.60 bits per heavy atom. The molecule has 1 amide bonds. The molecule has 1 saturated heterocycles. The van der Waals surface area contributed by atoms with E-state index in [1.807, 2.05) is 0 Å². The summed E-state index contributed by atoms with van der Waals surface area (Å²) in [6.07, 6.45) is 0.244. The summed E-state index contributed by atoms with van der Waals surface area (Å²) < 4.78 is 29.1. The normalized spacial score (nSPS) is 21.7. The molecule has 8 heteroatoms. The lowest BCUT2D eigenvalue weighted by atomic mass is 10.2. The molecule has 1 heterocycles. The molecule has 2 N–H and O–H groups in total. The van der Waals surface area contributed by atoms with Gasteiger partial charge in [0.15, 0.2) is 0 Å². The monoisotopic (exact) mass is 253 g/mol. The fourth-order valence-corrected chi connectivity index (χ4v) is 2.49. The molecule has 0 aromatic carbocycles. The topological polar surface area (TPSA) is 101 Å². The zero-order chi connectivity index (χ0) is 11.5. The van der Waals surface area contributed by atoms with Crippen LogP contribution in [0.3, 0.4) is 0 Å². The summed E-state index contributed by atoms with van der Waals surface area (Å²) in [7, 11) is -4.12. The van der Waals surface area contributed by atoms with Gasteiger partial charge >= 0.3 is 0 Å². The Kier molecular flexibility index (Phi) is 4.12. The first-order chi connectivity index (χ1) is 6.88. The quantitative estimate of drug-likeness (QED) is 0.650. The number of carbonyl (C=O) groups excluding carboxylic acids is 2. The molecule has 1 unspecified atom stereocenters. The highest BCUT2D eigenvalue weighted by atomic mass is 32.2. The highest BCUT2D eigenvalue weighted by Crippen LogP contribution is 2.19. The van der Waals surface area contributed by atoms with Gasteiger partial charge in [0.1, 0.15) is 0 Å². The third kappa shape index (κ3) is 4.63. The molecule has 0 aromatic heterocycles.